The Kier molecular flexibility index (Phi) is 7.23. The van der Waals surface area contributed by atoms with Gasteiger partial charge in [-0.2, -0.15) is 0 Å². The van der Waals surface area contributed by atoms with E-state index in [1.54, 1.807) is 0 Å². The highest BCUT2D eigenvalue weighted by molar-refractivity contribution is 5.76. The highest BCUT2D eigenvalue weighted by Crippen LogP contribution is 2.26. The quantitative estimate of drug-likeness (QED) is 0.552. The van der Waals surface area contributed by atoms with E-state index in [4.69, 9.17) is 0 Å². The van der Waals surface area contributed by atoms with Crippen molar-refractivity contribution in [2.45, 2.75) is 57.0 Å². The molecule has 1 aliphatic carbocycles. The van der Waals surface area contributed by atoms with Crippen molar-refractivity contribution in [3.05, 3.63) is 0 Å². The Hall–Kier alpha value is -0.750. The molecule has 1 saturated carbocycles. The number of ether oxygens (including phenoxy) is 1. The number of aliphatic hydroxyl groups is 1. The van der Waals surface area contributed by atoms with Gasteiger partial charge in [0, 0.05) is 13.0 Å². The number of nitrogens with one attached hydrogen (secondary N) is 1. The van der Waals surface area contributed by atoms with Crippen molar-refractivity contribution in [1.29, 1.82) is 0 Å². The van der Waals surface area contributed by atoms with Crippen LogP contribution in [0.5, 0.6) is 0 Å². The predicted octanol–water partition coefficient (Wildman–Crippen LogP) is 1.86. The summed E-state index contributed by atoms with van der Waals surface area (Å²) in [4.78, 5) is 11.5. The molecule has 0 saturated heterocycles. The first-order valence-corrected chi connectivity index (χ1v) is 6.87. The number of hydrogen-bond acceptors (Lipinski definition) is 3. The van der Waals surface area contributed by atoms with Gasteiger partial charge in [0.25, 0.3) is 6.43 Å². The van der Waals surface area contributed by atoms with E-state index in [2.05, 4.69) is 10.1 Å². The van der Waals surface area contributed by atoms with Gasteiger partial charge in [0.2, 0.25) is 5.91 Å². The maximum atomic E-state index is 11.8. The van der Waals surface area contributed by atoms with Crippen molar-refractivity contribution in [3.63, 3.8) is 0 Å². The Morgan fingerprint density at radius 2 is 1.89 bits per heavy atom. The van der Waals surface area contributed by atoms with Gasteiger partial charge < -0.3 is 15.2 Å². The minimum absolute atomic E-state index is 0.0192. The summed E-state index contributed by atoms with van der Waals surface area (Å²) in [5.74, 6) is -0.271. The summed E-state index contributed by atoms with van der Waals surface area (Å²) in [5.41, 5.74) is -0.810. The maximum absolute atomic E-state index is 11.8. The molecule has 1 rings (SSSR count). The van der Waals surface area contributed by atoms with E-state index < -0.39 is 18.6 Å². The van der Waals surface area contributed by atoms with Gasteiger partial charge in [-0.25, -0.2) is 8.78 Å². The van der Waals surface area contributed by atoms with Crippen molar-refractivity contribution in [2.75, 3.05) is 19.8 Å². The molecule has 1 fully saturated rings. The Morgan fingerprint density at radius 1 is 1.26 bits per heavy atom. The first kappa shape index (κ1) is 16.3. The summed E-state index contributed by atoms with van der Waals surface area (Å²) in [6, 6.07) is 0. The van der Waals surface area contributed by atoms with E-state index >= 15 is 0 Å². The first-order chi connectivity index (χ1) is 9.02. The van der Waals surface area contributed by atoms with Crippen LogP contribution in [0.3, 0.4) is 0 Å². The van der Waals surface area contributed by atoms with Crippen molar-refractivity contribution in [1.82, 2.24) is 5.32 Å². The van der Waals surface area contributed by atoms with Crippen molar-refractivity contribution < 1.29 is 23.4 Å². The first-order valence-electron chi connectivity index (χ1n) is 6.87. The van der Waals surface area contributed by atoms with E-state index in [1.807, 2.05) is 0 Å². The van der Waals surface area contributed by atoms with E-state index in [0.29, 0.717) is 12.8 Å². The molecule has 0 bridgehead atoms. The van der Waals surface area contributed by atoms with Crippen LogP contribution in [0.2, 0.25) is 0 Å². The van der Waals surface area contributed by atoms with Crippen LogP contribution in [0.1, 0.15) is 44.9 Å². The fraction of sp³-hybridized carbons (Fsp3) is 0.923. The third kappa shape index (κ3) is 7.42. The number of hydrogen-bond donors (Lipinski definition) is 2. The second kappa shape index (κ2) is 8.43. The molecule has 1 aliphatic rings. The van der Waals surface area contributed by atoms with Crippen molar-refractivity contribution in [2.24, 2.45) is 0 Å². The molecule has 1 amide bonds. The molecule has 0 aromatic heterocycles. The van der Waals surface area contributed by atoms with Crippen LogP contribution in [0, 0.1) is 0 Å². The van der Waals surface area contributed by atoms with Crippen LogP contribution in [-0.4, -0.2) is 42.8 Å². The number of alkyl halides is 2. The summed E-state index contributed by atoms with van der Waals surface area (Å²) < 4.78 is 28.2. The van der Waals surface area contributed by atoms with E-state index in [0.717, 1.165) is 25.7 Å². The molecule has 0 aromatic carbocycles. The summed E-state index contributed by atoms with van der Waals surface area (Å²) in [6.45, 7) is -0.424. The van der Waals surface area contributed by atoms with Crippen LogP contribution in [0.25, 0.3) is 0 Å². The molecule has 0 aromatic rings. The lowest BCUT2D eigenvalue weighted by Gasteiger charge is -2.26. The Bertz CT molecular complexity index is 267. The van der Waals surface area contributed by atoms with Gasteiger partial charge in [-0.3, -0.25) is 4.79 Å². The topological polar surface area (TPSA) is 58.6 Å². The zero-order valence-electron chi connectivity index (χ0n) is 11.2. The maximum Gasteiger partial charge on any atom is 0.261 e. The van der Waals surface area contributed by atoms with Gasteiger partial charge in [-0.05, 0) is 12.8 Å². The molecule has 0 spiro atoms. The molecular formula is C13H23F2NO3. The summed E-state index contributed by atoms with van der Waals surface area (Å²) in [7, 11) is 0. The summed E-state index contributed by atoms with van der Waals surface area (Å²) >= 11 is 0. The number of rotatable bonds is 7. The highest BCUT2D eigenvalue weighted by Gasteiger charge is 2.28. The monoisotopic (exact) mass is 279 g/mol. The fourth-order valence-corrected chi connectivity index (χ4v) is 2.25. The average Bonchev–Trinajstić information content (AvgIpc) is 2.58. The van der Waals surface area contributed by atoms with Crippen LogP contribution in [0.15, 0.2) is 0 Å². The van der Waals surface area contributed by atoms with Crippen LogP contribution >= 0.6 is 0 Å². The Morgan fingerprint density at radius 3 is 2.47 bits per heavy atom. The van der Waals surface area contributed by atoms with Crippen LogP contribution < -0.4 is 5.32 Å². The molecule has 0 aliphatic heterocycles. The van der Waals surface area contributed by atoms with E-state index in [-0.39, 0.29) is 25.5 Å². The lowest BCUT2D eigenvalue weighted by Crippen LogP contribution is -2.42. The lowest BCUT2D eigenvalue weighted by atomic mass is 9.94. The van der Waals surface area contributed by atoms with Crippen LogP contribution in [-0.2, 0) is 9.53 Å². The Balaban J connectivity index is 2.14. The van der Waals surface area contributed by atoms with E-state index in [1.165, 1.54) is 0 Å². The molecule has 0 radical (unpaired) electrons. The molecule has 2 N–H and O–H groups in total. The third-order valence-corrected chi connectivity index (χ3v) is 3.37. The molecule has 19 heavy (non-hydrogen) atoms. The average molecular weight is 279 g/mol. The van der Waals surface area contributed by atoms with Crippen molar-refractivity contribution >= 4 is 5.91 Å². The molecular weight excluding hydrogens is 256 g/mol. The zero-order chi connectivity index (χ0) is 14.1. The SMILES string of the molecule is O=C(CCOCC(F)F)NCC1(O)CCCCCC1. The summed E-state index contributed by atoms with van der Waals surface area (Å²) in [6.07, 6.45) is 3.14. The third-order valence-electron chi connectivity index (χ3n) is 3.37. The molecule has 0 atom stereocenters. The molecule has 0 unspecified atom stereocenters. The molecule has 112 valence electrons. The Labute approximate surface area is 112 Å². The largest absolute Gasteiger partial charge is 0.388 e. The lowest BCUT2D eigenvalue weighted by molar-refractivity contribution is -0.124. The van der Waals surface area contributed by atoms with E-state index in [9.17, 15) is 18.7 Å². The molecule has 0 heterocycles. The van der Waals surface area contributed by atoms with Gasteiger partial charge in [0.15, 0.2) is 0 Å². The van der Waals surface area contributed by atoms with Gasteiger partial charge in [0.05, 0.1) is 12.2 Å². The smallest absolute Gasteiger partial charge is 0.261 e. The number of carbonyl (C=O) groups excluding carboxylic acids is 1. The second-order valence-corrected chi connectivity index (χ2v) is 5.13. The number of carbonyl (C=O) groups is 1. The van der Waals surface area contributed by atoms with Gasteiger partial charge in [0.1, 0.15) is 6.61 Å². The van der Waals surface area contributed by atoms with Gasteiger partial charge >= 0.3 is 0 Å². The zero-order valence-corrected chi connectivity index (χ0v) is 11.2. The minimum Gasteiger partial charge on any atom is -0.388 e. The van der Waals surface area contributed by atoms with Gasteiger partial charge in [-0.15, -0.1) is 0 Å². The normalized spacial score (nSPS) is 19.2. The highest BCUT2D eigenvalue weighted by atomic mass is 19.3. The van der Waals surface area contributed by atoms with Crippen LogP contribution in [0.4, 0.5) is 8.78 Å². The number of amides is 1. The second-order valence-electron chi connectivity index (χ2n) is 5.13. The minimum atomic E-state index is -2.50. The number of halogens is 2. The predicted molar refractivity (Wildman–Crippen MR) is 67.1 cm³/mol. The van der Waals surface area contributed by atoms with Gasteiger partial charge in [-0.1, -0.05) is 25.7 Å². The fourth-order valence-electron chi connectivity index (χ4n) is 2.25. The standard InChI is InChI=1S/C13H23F2NO3/c14-11(15)9-19-8-5-12(17)16-10-13(18)6-3-1-2-4-7-13/h11,18H,1-10H2,(H,16,17). The van der Waals surface area contributed by atoms with Crippen molar-refractivity contribution in [3.8, 4) is 0 Å². The summed E-state index contributed by atoms with van der Waals surface area (Å²) in [5, 5.41) is 13.0. The molecule has 4 nitrogen and oxygen atoms in total. The molecule has 6 heteroatoms.